The van der Waals surface area contributed by atoms with Crippen LogP contribution in [-0.2, 0) is 6.61 Å². The van der Waals surface area contributed by atoms with Crippen molar-refractivity contribution in [2.75, 3.05) is 5.32 Å². The predicted molar refractivity (Wildman–Crippen MR) is 159 cm³/mol. The molecule has 3 atom stereocenters. The summed E-state index contributed by atoms with van der Waals surface area (Å²) < 4.78 is 7.96. The van der Waals surface area contributed by atoms with E-state index < -0.39 is 0 Å². The summed E-state index contributed by atoms with van der Waals surface area (Å²) in [5.41, 5.74) is 7.04. The molecule has 0 saturated carbocycles. The summed E-state index contributed by atoms with van der Waals surface area (Å²) in [4.78, 5) is 4.71. The van der Waals surface area contributed by atoms with Crippen molar-refractivity contribution in [1.29, 1.82) is 0 Å². The van der Waals surface area contributed by atoms with Gasteiger partial charge in [0.2, 0.25) is 0 Å². The number of ether oxygens (including phenoxy) is 1. The summed E-state index contributed by atoms with van der Waals surface area (Å²) in [5.74, 6) is 1.84. The summed E-state index contributed by atoms with van der Waals surface area (Å²) in [6, 6.07) is 31.8. The lowest BCUT2D eigenvalue weighted by Gasteiger charge is -2.37. The summed E-state index contributed by atoms with van der Waals surface area (Å²) in [6.07, 6.45) is 7.71. The highest BCUT2D eigenvalue weighted by Gasteiger charge is 2.37. The summed E-state index contributed by atoms with van der Waals surface area (Å²) >= 11 is 7.10. The largest absolute Gasteiger partial charge is 0.488 e. The zero-order valence-corrected chi connectivity index (χ0v) is 23.3. The van der Waals surface area contributed by atoms with Crippen molar-refractivity contribution in [2.45, 2.75) is 25.0 Å². The highest BCUT2D eigenvalue weighted by atomic mass is 79.9. The number of nitrogens with zero attached hydrogens (tertiary/aromatic N) is 1. The van der Waals surface area contributed by atoms with Crippen molar-refractivity contribution in [3.8, 4) is 5.75 Å². The van der Waals surface area contributed by atoms with Crippen LogP contribution in [0.4, 0.5) is 11.4 Å². The van der Waals surface area contributed by atoms with E-state index in [-0.39, 0.29) is 0 Å². The lowest BCUT2D eigenvalue weighted by atomic mass is 9.77. The van der Waals surface area contributed by atoms with E-state index in [0.717, 1.165) is 37.9 Å². The van der Waals surface area contributed by atoms with Gasteiger partial charge in [-0.1, -0.05) is 70.5 Å². The molecule has 3 nitrogen and oxygen atoms in total. The Labute approximate surface area is 234 Å². The quantitative estimate of drug-likeness (QED) is 0.174. The minimum absolute atomic E-state index is 0.300. The van der Waals surface area contributed by atoms with Gasteiger partial charge in [-0.3, -0.25) is 4.99 Å². The first-order valence-electron chi connectivity index (χ1n) is 12.5. The SMILES string of the molecule is Brc1ccc(COc2ccc(C=Nc3ccc([C@@H]4Nc5ccccc5[C@H]5C=CC[C@H]54)cc3)cc2Br)cc1. The number of aliphatic imine (C=N–C) groups is 1. The molecular formula is C32H26Br2N2O. The molecule has 1 aliphatic carbocycles. The smallest absolute Gasteiger partial charge is 0.134 e. The molecule has 0 bridgehead atoms. The molecule has 6 rings (SSSR count). The van der Waals surface area contributed by atoms with Gasteiger partial charge >= 0.3 is 0 Å². The number of para-hydroxylation sites is 1. The van der Waals surface area contributed by atoms with E-state index >= 15 is 0 Å². The van der Waals surface area contributed by atoms with Crippen molar-refractivity contribution in [1.82, 2.24) is 0 Å². The maximum absolute atomic E-state index is 5.99. The van der Waals surface area contributed by atoms with Crippen molar-refractivity contribution < 1.29 is 4.74 Å². The monoisotopic (exact) mass is 612 g/mol. The normalized spacial score (nSPS) is 19.9. The number of hydrogen-bond donors (Lipinski definition) is 1. The molecule has 4 aromatic rings. The molecule has 1 aliphatic heterocycles. The van der Waals surface area contributed by atoms with E-state index in [0.29, 0.717) is 24.5 Å². The first kappa shape index (κ1) is 24.2. The summed E-state index contributed by atoms with van der Waals surface area (Å²) in [6.45, 7) is 0.519. The minimum Gasteiger partial charge on any atom is -0.488 e. The molecule has 1 N–H and O–H groups in total. The molecule has 0 spiro atoms. The molecule has 0 fully saturated rings. The maximum atomic E-state index is 5.99. The molecule has 2 aliphatic rings. The fraction of sp³-hybridized carbons (Fsp3) is 0.156. The molecule has 1 heterocycles. The van der Waals surface area contributed by atoms with Gasteiger partial charge in [0.15, 0.2) is 0 Å². The zero-order valence-electron chi connectivity index (χ0n) is 20.1. The predicted octanol–water partition coefficient (Wildman–Crippen LogP) is 9.37. The Hall–Kier alpha value is -3.15. The Balaban J connectivity index is 1.12. The fourth-order valence-electron chi connectivity index (χ4n) is 5.25. The molecule has 0 saturated heterocycles. The Morgan fingerprint density at radius 3 is 2.54 bits per heavy atom. The second-order valence-electron chi connectivity index (χ2n) is 9.52. The van der Waals surface area contributed by atoms with E-state index in [1.807, 2.05) is 36.5 Å². The number of nitrogens with one attached hydrogen (secondary N) is 1. The van der Waals surface area contributed by atoms with E-state index in [4.69, 9.17) is 9.73 Å². The van der Waals surface area contributed by atoms with Crippen LogP contribution in [0.2, 0.25) is 0 Å². The molecule has 0 aromatic heterocycles. The number of anilines is 1. The highest BCUT2D eigenvalue weighted by molar-refractivity contribution is 9.10. The number of fused-ring (bicyclic) bond motifs is 3. The zero-order chi connectivity index (χ0) is 25.2. The van der Waals surface area contributed by atoms with Gasteiger partial charge in [0, 0.05) is 22.3 Å². The van der Waals surface area contributed by atoms with E-state index in [1.54, 1.807) is 0 Å². The van der Waals surface area contributed by atoms with Gasteiger partial charge in [-0.25, -0.2) is 0 Å². The fourth-order valence-corrected chi connectivity index (χ4v) is 6.02. The lowest BCUT2D eigenvalue weighted by molar-refractivity contribution is 0.304. The number of halogens is 2. The number of hydrogen-bond acceptors (Lipinski definition) is 3. The van der Waals surface area contributed by atoms with Crippen LogP contribution in [0.3, 0.4) is 0 Å². The number of benzene rings is 4. The molecule has 4 aromatic carbocycles. The van der Waals surface area contributed by atoms with Crippen molar-refractivity contribution >= 4 is 49.4 Å². The van der Waals surface area contributed by atoms with Crippen molar-refractivity contribution in [3.63, 3.8) is 0 Å². The third-order valence-electron chi connectivity index (χ3n) is 7.15. The van der Waals surface area contributed by atoms with E-state index in [1.165, 1.54) is 16.8 Å². The summed E-state index contributed by atoms with van der Waals surface area (Å²) in [7, 11) is 0. The van der Waals surface area contributed by atoms with Gasteiger partial charge in [-0.05, 0) is 99.1 Å². The van der Waals surface area contributed by atoms with Crippen LogP contribution in [0.15, 0.2) is 117 Å². The molecule has 184 valence electrons. The van der Waals surface area contributed by atoms with Crippen LogP contribution in [0, 0.1) is 5.92 Å². The number of rotatable bonds is 6. The summed E-state index contributed by atoms with van der Waals surface area (Å²) in [5, 5.41) is 3.80. The van der Waals surface area contributed by atoms with Crippen LogP contribution in [0.5, 0.6) is 5.75 Å². The molecular weight excluding hydrogens is 588 g/mol. The molecule has 0 amide bonds. The molecule has 0 radical (unpaired) electrons. The van der Waals surface area contributed by atoms with E-state index in [9.17, 15) is 0 Å². The van der Waals surface area contributed by atoms with Crippen molar-refractivity contribution in [2.24, 2.45) is 10.9 Å². The second-order valence-corrected chi connectivity index (χ2v) is 11.3. The Morgan fingerprint density at radius 1 is 0.919 bits per heavy atom. The van der Waals surface area contributed by atoms with Gasteiger partial charge in [-0.15, -0.1) is 0 Å². The van der Waals surface area contributed by atoms with Crippen molar-refractivity contribution in [3.05, 3.63) is 134 Å². The average Bonchev–Trinajstić information content (AvgIpc) is 3.43. The van der Waals surface area contributed by atoms with Gasteiger partial charge < -0.3 is 10.1 Å². The topological polar surface area (TPSA) is 33.6 Å². The minimum atomic E-state index is 0.300. The van der Waals surface area contributed by atoms with Gasteiger partial charge in [-0.2, -0.15) is 0 Å². The molecule has 5 heteroatoms. The van der Waals surface area contributed by atoms with E-state index in [2.05, 4.69) is 110 Å². The first-order chi connectivity index (χ1) is 18.1. The Kier molecular flexibility index (Phi) is 6.99. The standard InChI is InChI=1S/C32H26Br2N2O/c33-24-13-8-21(9-14-24)20-37-31-17-10-22(18-29(31)34)19-35-25-15-11-23(12-16-25)32-28-6-3-5-26(28)27-4-1-2-7-30(27)36-32/h1-5,7-19,26,28,32,36H,6,20H2/t26-,28-,32+/m1/s1. The van der Waals surface area contributed by atoms with Crippen LogP contribution in [0.25, 0.3) is 0 Å². The van der Waals surface area contributed by atoms with Gasteiger partial charge in [0.25, 0.3) is 0 Å². The third-order valence-corrected chi connectivity index (χ3v) is 8.30. The lowest BCUT2D eigenvalue weighted by Crippen LogP contribution is -2.28. The Morgan fingerprint density at radius 2 is 1.73 bits per heavy atom. The second kappa shape index (κ2) is 10.7. The van der Waals surface area contributed by atoms with Gasteiger partial charge in [0.05, 0.1) is 16.2 Å². The van der Waals surface area contributed by atoms with Crippen LogP contribution in [-0.4, -0.2) is 6.21 Å². The van der Waals surface area contributed by atoms with Crippen LogP contribution >= 0.6 is 31.9 Å². The van der Waals surface area contributed by atoms with Crippen LogP contribution in [0.1, 0.15) is 40.6 Å². The third kappa shape index (κ3) is 5.29. The molecule has 37 heavy (non-hydrogen) atoms. The molecule has 0 unspecified atom stereocenters. The highest BCUT2D eigenvalue weighted by Crippen LogP contribution is 2.49. The number of allylic oxidation sites excluding steroid dienone is 2. The van der Waals surface area contributed by atoms with Gasteiger partial charge in [0.1, 0.15) is 12.4 Å². The Bertz CT molecular complexity index is 1460. The van der Waals surface area contributed by atoms with Crippen LogP contribution < -0.4 is 10.1 Å². The maximum Gasteiger partial charge on any atom is 0.134 e. The average molecular weight is 614 g/mol. The first-order valence-corrected chi connectivity index (χ1v) is 14.1.